The normalized spacial score (nSPS) is 15.7. The number of hydrogen-bond acceptors (Lipinski definition) is 6. The second-order valence-corrected chi connectivity index (χ2v) is 8.20. The van der Waals surface area contributed by atoms with Gasteiger partial charge in [0.2, 0.25) is 0 Å². The molecule has 3 rings (SSSR count). The molecule has 0 spiro atoms. The number of amides is 2. The van der Waals surface area contributed by atoms with E-state index in [0.29, 0.717) is 5.56 Å². The topological polar surface area (TPSA) is 117 Å². The molecule has 0 saturated heterocycles. The van der Waals surface area contributed by atoms with Gasteiger partial charge in [0.25, 0.3) is 17.5 Å². The standard InChI is InChI=1S/C24H23N3O5/c1-13(2)12-26-23(28)18(16(5)20(11-25)24(26)29)10-17-6-7-22(32-17)19-8-14(3)15(4)9-21(19)27(30)31/h6-10,13H,12H2,1-5H3/b18-10+. The first-order chi connectivity index (χ1) is 15.0. The number of furan rings is 1. The van der Waals surface area contributed by atoms with Gasteiger partial charge in [-0.2, -0.15) is 5.26 Å². The molecule has 1 aliphatic rings. The highest BCUT2D eigenvalue weighted by atomic mass is 16.6. The lowest BCUT2D eigenvalue weighted by Gasteiger charge is -2.28. The molecule has 1 aromatic heterocycles. The zero-order valence-electron chi connectivity index (χ0n) is 18.6. The largest absolute Gasteiger partial charge is 0.456 e. The van der Waals surface area contributed by atoms with Crippen LogP contribution >= 0.6 is 0 Å². The van der Waals surface area contributed by atoms with Crippen LogP contribution in [-0.2, 0) is 9.59 Å². The zero-order chi connectivity index (χ0) is 23.7. The molecule has 0 radical (unpaired) electrons. The second kappa shape index (κ2) is 8.63. The fourth-order valence-electron chi connectivity index (χ4n) is 3.53. The Hall–Kier alpha value is -3.99. The van der Waals surface area contributed by atoms with Crippen LogP contribution in [0.4, 0.5) is 5.69 Å². The van der Waals surface area contributed by atoms with Crippen LogP contribution in [0.25, 0.3) is 17.4 Å². The Morgan fingerprint density at radius 3 is 2.41 bits per heavy atom. The van der Waals surface area contributed by atoms with Crippen molar-refractivity contribution in [2.24, 2.45) is 5.92 Å². The predicted molar refractivity (Wildman–Crippen MR) is 118 cm³/mol. The quantitative estimate of drug-likeness (QED) is 0.291. The Balaban J connectivity index is 2.09. The zero-order valence-corrected chi connectivity index (χ0v) is 18.6. The third kappa shape index (κ3) is 4.10. The maximum atomic E-state index is 13.0. The van der Waals surface area contributed by atoms with Crippen LogP contribution in [0.2, 0.25) is 0 Å². The van der Waals surface area contributed by atoms with Crippen LogP contribution in [0.15, 0.2) is 45.4 Å². The van der Waals surface area contributed by atoms with E-state index in [2.05, 4.69) is 0 Å². The molecule has 8 heteroatoms. The molecule has 0 N–H and O–H groups in total. The van der Waals surface area contributed by atoms with Crippen molar-refractivity contribution in [2.75, 3.05) is 6.54 Å². The number of rotatable bonds is 5. The number of imide groups is 1. The number of nitriles is 1. The molecular formula is C24H23N3O5. The van der Waals surface area contributed by atoms with Crippen molar-refractivity contribution >= 4 is 23.6 Å². The van der Waals surface area contributed by atoms with Crippen molar-refractivity contribution in [1.82, 2.24) is 4.90 Å². The number of nitro benzene ring substituents is 1. The van der Waals surface area contributed by atoms with Gasteiger partial charge in [0, 0.05) is 18.2 Å². The maximum Gasteiger partial charge on any atom is 0.280 e. The van der Waals surface area contributed by atoms with Gasteiger partial charge in [0.05, 0.1) is 10.5 Å². The summed E-state index contributed by atoms with van der Waals surface area (Å²) in [5, 5.41) is 21.0. The number of carbonyl (C=O) groups excluding carboxylic acids is 2. The lowest BCUT2D eigenvalue weighted by atomic mass is 9.94. The molecule has 1 aromatic carbocycles. The van der Waals surface area contributed by atoms with Crippen molar-refractivity contribution in [3.63, 3.8) is 0 Å². The Labute approximate surface area is 185 Å². The molecule has 1 aliphatic heterocycles. The van der Waals surface area contributed by atoms with Crippen LogP contribution in [-0.4, -0.2) is 28.2 Å². The van der Waals surface area contributed by atoms with E-state index in [1.807, 2.05) is 26.8 Å². The number of hydrogen-bond donors (Lipinski definition) is 0. The fourth-order valence-corrected chi connectivity index (χ4v) is 3.53. The molecule has 2 amide bonds. The minimum Gasteiger partial charge on any atom is -0.456 e. The molecular weight excluding hydrogens is 410 g/mol. The lowest BCUT2D eigenvalue weighted by molar-refractivity contribution is -0.384. The van der Waals surface area contributed by atoms with Crippen molar-refractivity contribution in [2.45, 2.75) is 34.6 Å². The van der Waals surface area contributed by atoms with Crippen LogP contribution in [0.5, 0.6) is 0 Å². The first-order valence-corrected chi connectivity index (χ1v) is 10.1. The van der Waals surface area contributed by atoms with Crippen LogP contribution in [0.3, 0.4) is 0 Å². The molecule has 0 bridgehead atoms. The van der Waals surface area contributed by atoms with Crippen LogP contribution in [0.1, 0.15) is 37.7 Å². The van der Waals surface area contributed by atoms with Gasteiger partial charge >= 0.3 is 0 Å². The van der Waals surface area contributed by atoms with Gasteiger partial charge in [-0.3, -0.25) is 24.6 Å². The minimum absolute atomic E-state index is 0.0306. The lowest BCUT2D eigenvalue weighted by Crippen LogP contribution is -2.44. The number of aryl methyl sites for hydroxylation is 2. The van der Waals surface area contributed by atoms with E-state index in [0.717, 1.165) is 16.0 Å². The van der Waals surface area contributed by atoms with Crippen molar-refractivity contribution in [3.8, 4) is 17.4 Å². The van der Waals surface area contributed by atoms with E-state index in [9.17, 15) is 25.0 Å². The molecule has 0 atom stereocenters. The number of nitro groups is 1. The van der Waals surface area contributed by atoms with E-state index < -0.39 is 16.7 Å². The van der Waals surface area contributed by atoms with E-state index >= 15 is 0 Å². The van der Waals surface area contributed by atoms with E-state index in [1.165, 1.54) is 12.1 Å². The SMILES string of the molecule is CC1=C(C#N)C(=O)N(CC(C)C)C(=O)/C1=C/c1ccc(-c2cc(C)c(C)cc2[N+](=O)[O-])o1. The summed E-state index contributed by atoms with van der Waals surface area (Å²) in [5.41, 5.74) is 2.29. The van der Waals surface area contributed by atoms with Gasteiger partial charge in [-0.05, 0) is 67.7 Å². The van der Waals surface area contributed by atoms with Gasteiger partial charge in [0.15, 0.2) is 0 Å². The monoisotopic (exact) mass is 433 g/mol. The van der Waals surface area contributed by atoms with Gasteiger partial charge in [-0.1, -0.05) is 13.8 Å². The Bertz CT molecular complexity index is 1240. The Kier molecular flexibility index (Phi) is 6.12. The summed E-state index contributed by atoms with van der Waals surface area (Å²) in [6, 6.07) is 8.27. The molecule has 32 heavy (non-hydrogen) atoms. The molecule has 0 saturated carbocycles. The summed E-state index contributed by atoms with van der Waals surface area (Å²) >= 11 is 0. The average Bonchev–Trinajstić information content (AvgIpc) is 3.19. The number of nitrogens with zero attached hydrogens (tertiary/aromatic N) is 3. The fraction of sp³-hybridized carbons (Fsp3) is 0.292. The predicted octanol–water partition coefficient (Wildman–Crippen LogP) is 4.72. The summed E-state index contributed by atoms with van der Waals surface area (Å²) in [4.78, 5) is 37.7. The third-order valence-corrected chi connectivity index (χ3v) is 5.36. The Morgan fingerprint density at radius 1 is 1.16 bits per heavy atom. The number of benzene rings is 1. The Morgan fingerprint density at radius 2 is 1.81 bits per heavy atom. The highest BCUT2D eigenvalue weighted by Gasteiger charge is 2.35. The van der Waals surface area contributed by atoms with Gasteiger partial charge < -0.3 is 4.42 Å². The summed E-state index contributed by atoms with van der Waals surface area (Å²) in [6.45, 7) is 9.13. The highest BCUT2D eigenvalue weighted by molar-refractivity contribution is 6.19. The average molecular weight is 433 g/mol. The van der Waals surface area contributed by atoms with Crippen LogP contribution < -0.4 is 0 Å². The summed E-state index contributed by atoms with van der Waals surface area (Å²) in [5.74, 6) is -0.511. The third-order valence-electron chi connectivity index (χ3n) is 5.36. The van der Waals surface area contributed by atoms with Crippen molar-refractivity contribution in [1.29, 1.82) is 5.26 Å². The smallest absolute Gasteiger partial charge is 0.280 e. The molecule has 2 aromatic rings. The molecule has 164 valence electrons. The first-order valence-electron chi connectivity index (χ1n) is 10.1. The highest BCUT2D eigenvalue weighted by Crippen LogP contribution is 2.35. The molecule has 8 nitrogen and oxygen atoms in total. The molecule has 2 heterocycles. The summed E-state index contributed by atoms with van der Waals surface area (Å²) in [7, 11) is 0. The molecule has 0 fully saturated rings. The molecule has 0 unspecified atom stereocenters. The summed E-state index contributed by atoms with van der Waals surface area (Å²) < 4.78 is 5.82. The van der Waals surface area contributed by atoms with Gasteiger partial charge in [-0.15, -0.1) is 0 Å². The van der Waals surface area contributed by atoms with Crippen molar-refractivity contribution < 1.29 is 18.9 Å². The maximum absolute atomic E-state index is 13.0. The van der Waals surface area contributed by atoms with Gasteiger partial charge in [-0.25, -0.2) is 0 Å². The number of carbonyl (C=O) groups is 2. The summed E-state index contributed by atoms with van der Waals surface area (Å²) in [6.07, 6.45) is 1.46. The first kappa shape index (κ1) is 22.7. The van der Waals surface area contributed by atoms with Crippen molar-refractivity contribution in [3.05, 3.63) is 68.0 Å². The van der Waals surface area contributed by atoms with Crippen LogP contribution in [0, 0.1) is 41.2 Å². The minimum atomic E-state index is -0.605. The van der Waals surface area contributed by atoms with E-state index in [1.54, 1.807) is 32.0 Å². The second-order valence-electron chi connectivity index (χ2n) is 8.20. The molecule has 0 aliphatic carbocycles. The van der Waals surface area contributed by atoms with E-state index in [-0.39, 0.29) is 46.4 Å². The van der Waals surface area contributed by atoms with E-state index in [4.69, 9.17) is 4.42 Å². The van der Waals surface area contributed by atoms with Gasteiger partial charge in [0.1, 0.15) is 23.2 Å².